The van der Waals surface area contributed by atoms with E-state index >= 15 is 0 Å². The van der Waals surface area contributed by atoms with Crippen LogP contribution in [0.3, 0.4) is 0 Å². The van der Waals surface area contributed by atoms with Crippen molar-refractivity contribution >= 4 is 23.4 Å². The highest BCUT2D eigenvalue weighted by Crippen LogP contribution is 2.36. The maximum atomic E-state index is 12.9. The number of hydrogen-bond acceptors (Lipinski definition) is 3. The zero-order valence-corrected chi connectivity index (χ0v) is 13.4. The van der Waals surface area contributed by atoms with Crippen molar-refractivity contribution in [3.63, 3.8) is 0 Å². The summed E-state index contributed by atoms with van der Waals surface area (Å²) in [5, 5.41) is 5.57. The number of carbonyl (C=O) groups is 1. The van der Waals surface area contributed by atoms with Gasteiger partial charge in [0.05, 0.1) is 17.0 Å². The third-order valence-electron chi connectivity index (χ3n) is 3.64. The minimum absolute atomic E-state index is 0.0704. The summed E-state index contributed by atoms with van der Waals surface area (Å²) < 4.78 is 63.3. The van der Waals surface area contributed by atoms with E-state index in [1.807, 2.05) is 0 Å². The smallest absolute Gasteiger partial charge is 0.325 e. The van der Waals surface area contributed by atoms with Crippen molar-refractivity contribution in [3.05, 3.63) is 23.8 Å². The minimum atomic E-state index is -4.57. The fourth-order valence-electron chi connectivity index (χ4n) is 2.40. The van der Waals surface area contributed by atoms with E-state index in [-0.39, 0.29) is 22.4 Å². The van der Waals surface area contributed by atoms with Gasteiger partial charge in [-0.2, -0.15) is 13.2 Å². The molecule has 24 heavy (non-hydrogen) atoms. The Morgan fingerprint density at radius 3 is 2.54 bits per heavy atom. The normalized spacial score (nSPS) is 16.4. The van der Waals surface area contributed by atoms with Crippen LogP contribution in [0.25, 0.3) is 0 Å². The van der Waals surface area contributed by atoms with Crippen LogP contribution in [0.15, 0.2) is 23.1 Å². The SMILES string of the molecule is O=C(Nc1cc(C(F)(F)F)ccc1SCC(F)F)C1CCNCC1. The molecule has 0 radical (unpaired) electrons. The van der Waals surface area contributed by atoms with Gasteiger partial charge in [0.1, 0.15) is 0 Å². The number of piperidine rings is 1. The maximum absolute atomic E-state index is 12.9. The van der Waals surface area contributed by atoms with E-state index in [4.69, 9.17) is 0 Å². The molecule has 9 heteroatoms. The number of anilines is 1. The van der Waals surface area contributed by atoms with Crippen molar-refractivity contribution in [2.45, 2.75) is 30.3 Å². The maximum Gasteiger partial charge on any atom is 0.416 e. The van der Waals surface area contributed by atoms with E-state index in [1.54, 1.807) is 0 Å². The average molecular weight is 368 g/mol. The largest absolute Gasteiger partial charge is 0.416 e. The molecule has 0 saturated carbocycles. The molecule has 1 aliphatic heterocycles. The van der Waals surface area contributed by atoms with Gasteiger partial charge in [-0.1, -0.05) is 0 Å². The number of thioether (sulfide) groups is 1. The molecular weight excluding hydrogens is 351 g/mol. The van der Waals surface area contributed by atoms with Crippen LogP contribution in [-0.4, -0.2) is 31.2 Å². The number of carbonyl (C=O) groups excluding carboxylic acids is 1. The van der Waals surface area contributed by atoms with Crippen LogP contribution in [-0.2, 0) is 11.0 Å². The first kappa shape index (κ1) is 19.0. The van der Waals surface area contributed by atoms with Crippen molar-refractivity contribution in [1.29, 1.82) is 0 Å². The van der Waals surface area contributed by atoms with Gasteiger partial charge in [0, 0.05) is 10.8 Å². The first-order chi connectivity index (χ1) is 11.3. The third kappa shape index (κ3) is 5.34. The van der Waals surface area contributed by atoms with Crippen molar-refractivity contribution in [1.82, 2.24) is 5.32 Å². The highest BCUT2D eigenvalue weighted by atomic mass is 32.2. The molecule has 1 saturated heterocycles. The molecule has 0 aromatic heterocycles. The van der Waals surface area contributed by atoms with E-state index in [9.17, 15) is 26.7 Å². The van der Waals surface area contributed by atoms with Crippen LogP contribution < -0.4 is 10.6 Å². The first-order valence-corrected chi connectivity index (χ1v) is 8.39. The van der Waals surface area contributed by atoms with Gasteiger partial charge in [-0.05, 0) is 44.1 Å². The van der Waals surface area contributed by atoms with Gasteiger partial charge in [-0.15, -0.1) is 11.8 Å². The van der Waals surface area contributed by atoms with Crippen LogP contribution in [0, 0.1) is 5.92 Å². The molecule has 1 aliphatic rings. The first-order valence-electron chi connectivity index (χ1n) is 7.41. The number of nitrogens with one attached hydrogen (secondary N) is 2. The molecule has 1 amide bonds. The zero-order chi connectivity index (χ0) is 17.7. The fourth-order valence-corrected chi connectivity index (χ4v) is 3.14. The Hall–Kier alpha value is -1.35. The lowest BCUT2D eigenvalue weighted by atomic mass is 9.97. The van der Waals surface area contributed by atoms with E-state index in [1.165, 1.54) is 0 Å². The summed E-state index contributed by atoms with van der Waals surface area (Å²) >= 11 is 0.719. The topological polar surface area (TPSA) is 41.1 Å². The molecule has 134 valence electrons. The van der Waals surface area contributed by atoms with E-state index < -0.39 is 23.9 Å². The fraction of sp³-hybridized carbons (Fsp3) is 0.533. The second kappa shape index (κ2) is 8.15. The molecule has 1 aromatic rings. The Labute approximate surface area is 140 Å². The van der Waals surface area contributed by atoms with Gasteiger partial charge in [0.15, 0.2) is 0 Å². The standard InChI is InChI=1S/C15H17F5N2OS/c16-13(17)8-24-12-2-1-10(15(18,19)20)7-11(12)22-14(23)9-3-5-21-6-4-9/h1-2,7,9,13,21H,3-6,8H2,(H,22,23). The number of amides is 1. The van der Waals surface area contributed by atoms with Crippen molar-refractivity contribution < 1.29 is 26.7 Å². The van der Waals surface area contributed by atoms with Crippen molar-refractivity contribution in [2.24, 2.45) is 5.92 Å². The summed E-state index contributed by atoms with van der Waals surface area (Å²) in [6.45, 7) is 1.32. The van der Waals surface area contributed by atoms with Gasteiger partial charge >= 0.3 is 6.18 Å². The highest BCUT2D eigenvalue weighted by Gasteiger charge is 2.31. The van der Waals surface area contributed by atoms with E-state index in [0.717, 1.165) is 30.0 Å². The number of halogens is 5. The molecule has 0 atom stereocenters. The van der Waals surface area contributed by atoms with Gasteiger partial charge in [-0.3, -0.25) is 4.79 Å². The molecule has 2 rings (SSSR count). The molecule has 2 N–H and O–H groups in total. The Bertz CT molecular complexity index is 573. The molecule has 1 heterocycles. The van der Waals surface area contributed by atoms with Crippen molar-refractivity contribution in [2.75, 3.05) is 24.2 Å². The van der Waals surface area contributed by atoms with E-state index in [0.29, 0.717) is 25.9 Å². The molecule has 3 nitrogen and oxygen atoms in total. The second-order valence-corrected chi connectivity index (χ2v) is 6.49. The summed E-state index contributed by atoms with van der Waals surface area (Å²) in [4.78, 5) is 12.4. The van der Waals surface area contributed by atoms with Crippen LogP contribution in [0.1, 0.15) is 18.4 Å². The molecule has 0 aliphatic carbocycles. The quantitative estimate of drug-likeness (QED) is 0.610. The third-order valence-corrected chi connectivity index (χ3v) is 4.73. The number of alkyl halides is 5. The Morgan fingerprint density at radius 1 is 1.29 bits per heavy atom. The van der Waals surface area contributed by atoms with Gasteiger partial charge in [0.2, 0.25) is 12.3 Å². The predicted octanol–water partition coefficient (Wildman–Crippen LogP) is 4.00. The lowest BCUT2D eigenvalue weighted by Gasteiger charge is -2.22. The zero-order valence-electron chi connectivity index (χ0n) is 12.6. The van der Waals surface area contributed by atoms with Gasteiger partial charge in [-0.25, -0.2) is 8.78 Å². The Morgan fingerprint density at radius 2 is 1.96 bits per heavy atom. The predicted molar refractivity (Wildman–Crippen MR) is 82.4 cm³/mol. The summed E-state index contributed by atoms with van der Waals surface area (Å²) in [5.74, 6) is -1.23. The lowest BCUT2D eigenvalue weighted by molar-refractivity contribution is -0.137. The lowest BCUT2D eigenvalue weighted by Crippen LogP contribution is -2.34. The van der Waals surface area contributed by atoms with E-state index in [2.05, 4.69) is 10.6 Å². The second-order valence-electron chi connectivity index (χ2n) is 5.42. The monoisotopic (exact) mass is 368 g/mol. The highest BCUT2D eigenvalue weighted by molar-refractivity contribution is 7.99. The van der Waals surface area contributed by atoms with Crippen LogP contribution in [0.2, 0.25) is 0 Å². The Kier molecular flexibility index (Phi) is 6.45. The molecule has 0 bridgehead atoms. The van der Waals surface area contributed by atoms with Gasteiger partial charge < -0.3 is 10.6 Å². The number of hydrogen-bond donors (Lipinski definition) is 2. The summed E-state index contributed by atoms with van der Waals surface area (Å²) in [6, 6.07) is 2.74. The summed E-state index contributed by atoms with van der Waals surface area (Å²) in [5.41, 5.74) is -0.997. The summed E-state index contributed by atoms with van der Waals surface area (Å²) in [7, 11) is 0. The average Bonchev–Trinajstić information content (AvgIpc) is 2.53. The number of benzene rings is 1. The van der Waals surface area contributed by atoms with Crippen molar-refractivity contribution in [3.8, 4) is 0 Å². The molecular formula is C15H17F5N2OS. The molecule has 0 spiro atoms. The van der Waals surface area contributed by atoms with Crippen LogP contribution in [0.5, 0.6) is 0 Å². The van der Waals surface area contributed by atoms with Crippen LogP contribution in [0.4, 0.5) is 27.6 Å². The molecule has 0 unspecified atom stereocenters. The minimum Gasteiger partial charge on any atom is -0.325 e. The summed E-state index contributed by atoms with van der Waals surface area (Å²) in [6.07, 6.45) is -5.99. The van der Waals surface area contributed by atoms with Crippen LogP contribution >= 0.6 is 11.8 Å². The Balaban J connectivity index is 2.20. The molecule has 1 fully saturated rings. The molecule has 1 aromatic carbocycles. The van der Waals surface area contributed by atoms with Gasteiger partial charge in [0.25, 0.3) is 0 Å². The number of rotatable bonds is 5.